The minimum Gasteiger partial charge on any atom is -0.295 e. The predicted molar refractivity (Wildman–Crippen MR) is 83.7 cm³/mol. The van der Waals surface area contributed by atoms with Crippen molar-refractivity contribution in [1.29, 1.82) is 0 Å². The van der Waals surface area contributed by atoms with E-state index in [0.717, 1.165) is 0 Å². The summed E-state index contributed by atoms with van der Waals surface area (Å²) in [6, 6.07) is 10.3. The lowest BCUT2D eigenvalue weighted by molar-refractivity contribution is 0.101. The van der Waals surface area contributed by atoms with E-state index in [1.165, 1.54) is 37.3 Å². The first-order valence-electron chi connectivity index (χ1n) is 5.89. The topological polar surface area (TPSA) is 63.2 Å². The molecule has 0 heterocycles. The van der Waals surface area contributed by atoms with Crippen molar-refractivity contribution in [3.8, 4) is 0 Å². The first kappa shape index (κ1) is 15.8. The number of Topliss-reactive ketones (excluding diaryl/α,β-unsaturated/α-hetero) is 1. The van der Waals surface area contributed by atoms with Gasteiger partial charge in [0.15, 0.2) is 5.78 Å². The van der Waals surface area contributed by atoms with Gasteiger partial charge in [-0.3, -0.25) is 9.52 Å². The number of ketones is 1. The Labute approximate surface area is 132 Å². The molecule has 0 atom stereocenters. The van der Waals surface area contributed by atoms with Gasteiger partial charge in [0.2, 0.25) is 0 Å². The monoisotopic (exact) mass is 343 g/mol. The fraction of sp³-hybridized carbons (Fsp3) is 0.0714. The Bertz CT molecular complexity index is 786. The van der Waals surface area contributed by atoms with Crippen LogP contribution in [0.2, 0.25) is 10.0 Å². The highest BCUT2D eigenvalue weighted by molar-refractivity contribution is 7.92. The zero-order valence-corrected chi connectivity index (χ0v) is 13.3. The third-order valence-electron chi connectivity index (χ3n) is 2.77. The van der Waals surface area contributed by atoms with Crippen molar-refractivity contribution in [3.05, 3.63) is 58.1 Å². The average molecular weight is 344 g/mol. The second-order valence-corrected chi connectivity index (χ2v) is 6.76. The summed E-state index contributed by atoms with van der Waals surface area (Å²) in [6.07, 6.45) is 0. The summed E-state index contributed by atoms with van der Waals surface area (Å²) < 4.78 is 26.9. The molecule has 0 unspecified atom stereocenters. The first-order chi connectivity index (χ1) is 9.81. The third kappa shape index (κ3) is 3.56. The van der Waals surface area contributed by atoms with Gasteiger partial charge in [-0.05, 0) is 31.2 Å². The van der Waals surface area contributed by atoms with Crippen LogP contribution in [0, 0.1) is 0 Å². The molecule has 0 fully saturated rings. The number of nitrogens with one attached hydrogen (secondary N) is 1. The summed E-state index contributed by atoms with van der Waals surface area (Å²) in [5, 5.41) is 0.381. The molecule has 0 aliphatic rings. The standard InChI is InChI=1S/C14H11Cl2NO3S/c1-9(18)10-5-7-11(8-6-10)21(19,20)17-13-4-2-3-12(15)14(13)16/h2-8,17H,1H3. The summed E-state index contributed by atoms with van der Waals surface area (Å²) in [5.41, 5.74) is 0.634. The van der Waals surface area contributed by atoms with Crippen LogP contribution in [0.15, 0.2) is 47.4 Å². The van der Waals surface area contributed by atoms with Gasteiger partial charge < -0.3 is 0 Å². The van der Waals surface area contributed by atoms with Crippen LogP contribution in [0.4, 0.5) is 5.69 Å². The molecule has 0 spiro atoms. The number of carbonyl (C=O) groups is 1. The van der Waals surface area contributed by atoms with Crippen LogP contribution in [-0.4, -0.2) is 14.2 Å². The van der Waals surface area contributed by atoms with Crippen molar-refractivity contribution < 1.29 is 13.2 Å². The lowest BCUT2D eigenvalue weighted by atomic mass is 10.2. The Morgan fingerprint density at radius 2 is 1.67 bits per heavy atom. The van der Waals surface area contributed by atoms with Gasteiger partial charge in [0.05, 0.1) is 20.6 Å². The Kier molecular flexibility index (Phi) is 4.56. The van der Waals surface area contributed by atoms with Gasteiger partial charge in [-0.25, -0.2) is 8.42 Å². The van der Waals surface area contributed by atoms with Crippen molar-refractivity contribution in [2.24, 2.45) is 0 Å². The molecular formula is C14H11Cl2NO3S. The molecule has 4 nitrogen and oxygen atoms in total. The lowest BCUT2D eigenvalue weighted by Gasteiger charge is -2.10. The number of sulfonamides is 1. The summed E-state index contributed by atoms with van der Waals surface area (Å²) in [6.45, 7) is 1.41. The average Bonchev–Trinajstić information content (AvgIpc) is 2.44. The van der Waals surface area contributed by atoms with E-state index in [2.05, 4.69) is 4.72 Å². The maximum Gasteiger partial charge on any atom is 0.261 e. The molecule has 0 saturated heterocycles. The molecule has 2 aromatic carbocycles. The van der Waals surface area contributed by atoms with E-state index >= 15 is 0 Å². The number of hydrogen-bond donors (Lipinski definition) is 1. The van der Waals surface area contributed by atoms with E-state index in [-0.39, 0.29) is 26.4 Å². The molecule has 0 radical (unpaired) electrons. The van der Waals surface area contributed by atoms with Gasteiger partial charge in [0, 0.05) is 5.56 Å². The fourth-order valence-electron chi connectivity index (χ4n) is 1.66. The number of benzene rings is 2. The second-order valence-electron chi connectivity index (χ2n) is 4.29. The molecule has 110 valence electrons. The number of anilines is 1. The highest BCUT2D eigenvalue weighted by atomic mass is 35.5. The minimum absolute atomic E-state index is 0.0311. The molecule has 21 heavy (non-hydrogen) atoms. The van der Waals surface area contributed by atoms with Crippen LogP contribution in [0.5, 0.6) is 0 Å². The molecule has 2 aromatic rings. The molecule has 0 amide bonds. The Hall–Kier alpha value is -1.56. The van der Waals surface area contributed by atoms with E-state index in [1.807, 2.05) is 0 Å². The van der Waals surface area contributed by atoms with E-state index in [0.29, 0.717) is 5.56 Å². The summed E-state index contributed by atoms with van der Waals surface area (Å²) in [5.74, 6) is -0.134. The van der Waals surface area contributed by atoms with Crippen molar-refractivity contribution in [2.75, 3.05) is 4.72 Å². The minimum atomic E-state index is -3.80. The number of hydrogen-bond acceptors (Lipinski definition) is 3. The Morgan fingerprint density at radius 1 is 1.05 bits per heavy atom. The van der Waals surface area contributed by atoms with Crippen molar-refractivity contribution >= 4 is 44.7 Å². The molecule has 1 N–H and O–H groups in total. The van der Waals surface area contributed by atoms with Crippen molar-refractivity contribution in [3.63, 3.8) is 0 Å². The molecule has 7 heteroatoms. The number of carbonyl (C=O) groups excluding carboxylic acids is 1. The smallest absolute Gasteiger partial charge is 0.261 e. The van der Waals surface area contributed by atoms with Crippen LogP contribution in [0.1, 0.15) is 17.3 Å². The highest BCUT2D eigenvalue weighted by Gasteiger charge is 2.16. The van der Waals surface area contributed by atoms with Gasteiger partial charge in [-0.15, -0.1) is 0 Å². The first-order valence-corrected chi connectivity index (χ1v) is 8.13. The van der Waals surface area contributed by atoms with Crippen LogP contribution in [-0.2, 0) is 10.0 Å². The van der Waals surface area contributed by atoms with Crippen molar-refractivity contribution in [1.82, 2.24) is 0 Å². The molecule has 0 aromatic heterocycles. The van der Waals surface area contributed by atoms with Crippen LogP contribution < -0.4 is 4.72 Å². The predicted octanol–water partition coefficient (Wildman–Crippen LogP) is 4.00. The Morgan fingerprint density at radius 3 is 2.24 bits per heavy atom. The van der Waals surface area contributed by atoms with E-state index in [9.17, 15) is 13.2 Å². The number of rotatable bonds is 4. The molecule has 0 aliphatic carbocycles. The van der Waals surface area contributed by atoms with Gasteiger partial charge in [0.25, 0.3) is 10.0 Å². The van der Waals surface area contributed by atoms with Gasteiger partial charge in [-0.1, -0.05) is 41.4 Å². The number of halogens is 2. The zero-order valence-electron chi connectivity index (χ0n) is 10.9. The van der Waals surface area contributed by atoms with Gasteiger partial charge in [-0.2, -0.15) is 0 Å². The van der Waals surface area contributed by atoms with Crippen LogP contribution in [0.3, 0.4) is 0 Å². The van der Waals surface area contributed by atoms with E-state index in [4.69, 9.17) is 23.2 Å². The van der Waals surface area contributed by atoms with E-state index < -0.39 is 10.0 Å². The largest absolute Gasteiger partial charge is 0.295 e. The van der Waals surface area contributed by atoms with E-state index in [1.54, 1.807) is 12.1 Å². The quantitative estimate of drug-likeness (QED) is 0.853. The van der Waals surface area contributed by atoms with Gasteiger partial charge in [0.1, 0.15) is 0 Å². The molecule has 2 rings (SSSR count). The van der Waals surface area contributed by atoms with Crippen molar-refractivity contribution in [2.45, 2.75) is 11.8 Å². The van der Waals surface area contributed by atoms with Crippen LogP contribution in [0.25, 0.3) is 0 Å². The lowest BCUT2D eigenvalue weighted by Crippen LogP contribution is -2.13. The molecule has 0 aliphatic heterocycles. The summed E-state index contributed by atoms with van der Waals surface area (Å²) in [7, 11) is -3.80. The highest BCUT2D eigenvalue weighted by Crippen LogP contribution is 2.31. The Balaban J connectivity index is 2.34. The zero-order chi connectivity index (χ0) is 15.6. The molecular weight excluding hydrogens is 333 g/mol. The summed E-state index contributed by atoms with van der Waals surface area (Å²) in [4.78, 5) is 11.2. The normalized spacial score (nSPS) is 11.2. The third-order valence-corrected chi connectivity index (χ3v) is 4.97. The molecule has 0 bridgehead atoms. The van der Waals surface area contributed by atoms with Gasteiger partial charge >= 0.3 is 0 Å². The summed E-state index contributed by atoms with van der Waals surface area (Å²) >= 11 is 11.8. The maximum absolute atomic E-state index is 12.2. The second kappa shape index (κ2) is 6.05. The fourth-order valence-corrected chi connectivity index (χ4v) is 3.13. The molecule has 0 saturated carbocycles. The maximum atomic E-state index is 12.2. The SMILES string of the molecule is CC(=O)c1ccc(S(=O)(=O)Nc2cccc(Cl)c2Cl)cc1. The van der Waals surface area contributed by atoms with Crippen LogP contribution >= 0.6 is 23.2 Å².